The number of aryl methyl sites for hydroxylation is 1. The SMILES string of the molecule is CCCc1cc(Cl)nc(N(C(=N)N)c2ccc(F)cc2F)n1. The first kappa shape index (κ1) is 16.1. The maximum absolute atomic E-state index is 14.0. The molecule has 0 radical (unpaired) electrons. The van der Waals surface area contributed by atoms with E-state index in [2.05, 4.69) is 9.97 Å². The molecule has 0 aliphatic carbocycles. The number of guanidine groups is 1. The number of halogens is 3. The Hall–Kier alpha value is -2.28. The van der Waals surface area contributed by atoms with Crippen molar-refractivity contribution < 1.29 is 8.78 Å². The van der Waals surface area contributed by atoms with E-state index in [1.165, 1.54) is 0 Å². The van der Waals surface area contributed by atoms with Gasteiger partial charge in [-0.05, 0) is 24.6 Å². The fourth-order valence-corrected chi connectivity index (χ4v) is 2.14. The van der Waals surface area contributed by atoms with Crippen molar-refractivity contribution >= 4 is 29.2 Å². The van der Waals surface area contributed by atoms with Crippen molar-refractivity contribution in [3.63, 3.8) is 0 Å². The minimum absolute atomic E-state index is 0.0334. The van der Waals surface area contributed by atoms with Crippen LogP contribution >= 0.6 is 11.6 Å². The summed E-state index contributed by atoms with van der Waals surface area (Å²) in [6.45, 7) is 1.97. The Morgan fingerprint density at radius 2 is 2.05 bits per heavy atom. The molecule has 1 heterocycles. The van der Waals surface area contributed by atoms with E-state index < -0.39 is 17.6 Å². The number of aromatic nitrogens is 2. The van der Waals surface area contributed by atoms with Gasteiger partial charge < -0.3 is 5.73 Å². The average Bonchev–Trinajstić information content (AvgIpc) is 2.41. The average molecular weight is 326 g/mol. The molecule has 0 atom stereocenters. The molecule has 0 spiro atoms. The highest BCUT2D eigenvalue weighted by Crippen LogP contribution is 2.27. The van der Waals surface area contributed by atoms with Crippen LogP contribution in [-0.2, 0) is 6.42 Å². The molecule has 22 heavy (non-hydrogen) atoms. The number of nitrogens with one attached hydrogen (secondary N) is 1. The van der Waals surface area contributed by atoms with E-state index in [9.17, 15) is 8.78 Å². The lowest BCUT2D eigenvalue weighted by molar-refractivity contribution is 0.584. The number of nitrogens with zero attached hydrogens (tertiary/aromatic N) is 3. The summed E-state index contributed by atoms with van der Waals surface area (Å²) in [5.41, 5.74) is 6.03. The van der Waals surface area contributed by atoms with E-state index >= 15 is 0 Å². The van der Waals surface area contributed by atoms with Crippen LogP contribution in [0.3, 0.4) is 0 Å². The van der Waals surface area contributed by atoms with Crippen LogP contribution < -0.4 is 10.6 Å². The third-order valence-corrected chi connectivity index (χ3v) is 3.03. The van der Waals surface area contributed by atoms with Gasteiger partial charge in [0.15, 0.2) is 5.96 Å². The molecule has 1 aromatic carbocycles. The van der Waals surface area contributed by atoms with E-state index in [0.29, 0.717) is 18.2 Å². The van der Waals surface area contributed by atoms with Gasteiger partial charge in [-0.2, -0.15) is 0 Å². The largest absolute Gasteiger partial charge is 0.369 e. The molecule has 0 saturated carbocycles. The van der Waals surface area contributed by atoms with Gasteiger partial charge in [0, 0.05) is 11.8 Å². The van der Waals surface area contributed by atoms with Crippen LogP contribution in [0.1, 0.15) is 19.0 Å². The Labute approximate surface area is 131 Å². The lowest BCUT2D eigenvalue weighted by Crippen LogP contribution is -2.34. The Balaban J connectivity index is 2.55. The smallest absolute Gasteiger partial charge is 0.238 e. The second-order valence-corrected chi connectivity index (χ2v) is 4.94. The van der Waals surface area contributed by atoms with Crippen molar-refractivity contribution in [1.29, 1.82) is 5.41 Å². The molecule has 2 aromatic rings. The first-order valence-electron chi connectivity index (χ1n) is 6.55. The molecular weight excluding hydrogens is 312 g/mol. The third-order valence-electron chi connectivity index (χ3n) is 2.83. The monoisotopic (exact) mass is 325 g/mol. The summed E-state index contributed by atoms with van der Waals surface area (Å²) in [5.74, 6) is -2.15. The number of rotatable bonds is 4. The second-order valence-electron chi connectivity index (χ2n) is 4.55. The standard InChI is InChI=1S/C14H14ClF2N5/c1-2-3-9-7-12(15)21-14(20-9)22(13(18)19)11-5-4-8(16)6-10(11)17/h4-7H,2-3H2,1H3,(H3,18,19). The molecule has 3 N–H and O–H groups in total. The summed E-state index contributed by atoms with van der Waals surface area (Å²) in [7, 11) is 0. The third kappa shape index (κ3) is 3.48. The van der Waals surface area contributed by atoms with Crippen LogP contribution in [0.15, 0.2) is 24.3 Å². The number of anilines is 2. The van der Waals surface area contributed by atoms with Crippen molar-refractivity contribution in [3.8, 4) is 0 Å². The number of hydrogen-bond donors (Lipinski definition) is 2. The molecule has 5 nitrogen and oxygen atoms in total. The van der Waals surface area contributed by atoms with E-state index in [1.807, 2.05) is 6.92 Å². The van der Waals surface area contributed by atoms with E-state index in [-0.39, 0.29) is 16.8 Å². The van der Waals surface area contributed by atoms with Gasteiger partial charge in [-0.15, -0.1) is 0 Å². The molecular formula is C14H14ClF2N5. The van der Waals surface area contributed by atoms with Gasteiger partial charge in [0.2, 0.25) is 5.95 Å². The van der Waals surface area contributed by atoms with Gasteiger partial charge in [0.25, 0.3) is 0 Å². The molecule has 0 saturated heterocycles. The highest BCUT2D eigenvalue weighted by molar-refractivity contribution is 6.29. The molecule has 116 valence electrons. The Kier molecular flexibility index (Phi) is 4.87. The molecule has 0 aliphatic rings. The van der Waals surface area contributed by atoms with E-state index in [4.69, 9.17) is 22.7 Å². The number of benzene rings is 1. The van der Waals surface area contributed by atoms with Crippen molar-refractivity contribution in [3.05, 3.63) is 46.7 Å². The van der Waals surface area contributed by atoms with Crippen molar-refractivity contribution in [2.75, 3.05) is 4.90 Å². The molecule has 0 aliphatic heterocycles. The quantitative estimate of drug-likeness (QED) is 0.513. The molecule has 0 fully saturated rings. The molecule has 1 aromatic heterocycles. The predicted octanol–water partition coefficient (Wildman–Crippen LogP) is 3.39. The Morgan fingerprint density at radius 3 is 2.64 bits per heavy atom. The summed E-state index contributed by atoms with van der Waals surface area (Å²) in [5, 5.41) is 7.79. The highest BCUT2D eigenvalue weighted by atomic mass is 35.5. The van der Waals surface area contributed by atoms with Crippen LogP contribution in [0.5, 0.6) is 0 Å². The van der Waals surface area contributed by atoms with Crippen LogP contribution in [0.2, 0.25) is 5.15 Å². The van der Waals surface area contributed by atoms with Gasteiger partial charge in [-0.1, -0.05) is 24.9 Å². The zero-order chi connectivity index (χ0) is 16.3. The van der Waals surface area contributed by atoms with Gasteiger partial charge in [-0.3, -0.25) is 5.41 Å². The van der Waals surface area contributed by atoms with Gasteiger partial charge in [0.05, 0.1) is 5.69 Å². The first-order valence-corrected chi connectivity index (χ1v) is 6.92. The summed E-state index contributed by atoms with van der Waals surface area (Å²) >= 11 is 5.94. The van der Waals surface area contributed by atoms with Crippen molar-refractivity contribution in [1.82, 2.24) is 9.97 Å². The minimum atomic E-state index is -0.879. The number of nitrogens with two attached hydrogens (primary N) is 1. The number of hydrogen-bond acceptors (Lipinski definition) is 3. The van der Waals surface area contributed by atoms with Gasteiger partial charge in [0.1, 0.15) is 16.8 Å². The summed E-state index contributed by atoms with van der Waals surface area (Å²) < 4.78 is 27.0. The van der Waals surface area contributed by atoms with E-state index in [0.717, 1.165) is 23.5 Å². The lowest BCUT2D eigenvalue weighted by Gasteiger charge is -2.21. The van der Waals surface area contributed by atoms with Gasteiger partial charge >= 0.3 is 0 Å². The van der Waals surface area contributed by atoms with Crippen LogP contribution in [0, 0.1) is 17.0 Å². The molecule has 2 rings (SSSR count). The zero-order valence-corrected chi connectivity index (χ0v) is 12.5. The molecule has 8 heteroatoms. The zero-order valence-electron chi connectivity index (χ0n) is 11.8. The fourth-order valence-electron chi connectivity index (χ4n) is 1.94. The molecule has 0 bridgehead atoms. The second kappa shape index (κ2) is 6.65. The predicted molar refractivity (Wildman–Crippen MR) is 81.4 cm³/mol. The molecule has 0 amide bonds. The summed E-state index contributed by atoms with van der Waals surface area (Å²) in [4.78, 5) is 9.18. The Morgan fingerprint density at radius 1 is 1.32 bits per heavy atom. The maximum Gasteiger partial charge on any atom is 0.238 e. The van der Waals surface area contributed by atoms with Crippen LogP contribution in [0.4, 0.5) is 20.4 Å². The van der Waals surface area contributed by atoms with Crippen LogP contribution in [0.25, 0.3) is 0 Å². The molecule has 0 unspecified atom stereocenters. The minimum Gasteiger partial charge on any atom is -0.369 e. The maximum atomic E-state index is 14.0. The Bertz CT molecular complexity index is 708. The first-order chi connectivity index (χ1) is 10.4. The van der Waals surface area contributed by atoms with Gasteiger partial charge in [-0.25, -0.2) is 23.6 Å². The topological polar surface area (TPSA) is 78.9 Å². The van der Waals surface area contributed by atoms with Crippen molar-refractivity contribution in [2.45, 2.75) is 19.8 Å². The van der Waals surface area contributed by atoms with E-state index in [1.54, 1.807) is 6.07 Å². The normalized spacial score (nSPS) is 10.5. The lowest BCUT2D eigenvalue weighted by atomic mass is 10.2. The fraction of sp³-hybridized carbons (Fsp3) is 0.214. The summed E-state index contributed by atoms with van der Waals surface area (Å²) in [6.07, 6.45) is 1.48. The highest BCUT2D eigenvalue weighted by Gasteiger charge is 2.20. The van der Waals surface area contributed by atoms with Crippen LogP contribution in [-0.4, -0.2) is 15.9 Å². The van der Waals surface area contributed by atoms with Crippen molar-refractivity contribution in [2.24, 2.45) is 5.73 Å². The summed E-state index contributed by atoms with van der Waals surface area (Å²) in [6, 6.07) is 4.51.